The van der Waals surface area contributed by atoms with E-state index in [0.29, 0.717) is 11.4 Å². The topological polar surface area (TPSA) is 103 Å². The van der Waals surface area contributed by atoms with Crippen molar-refractivity contribution in [1.82, 2.24) is 29.5 Å². The molecule has 1 amide bonds. The van der Waals surface area contributed by atoms with Gasteiger partial charge in [0.2, 0.25) is 5.91 Å². The molecule has 9 heteroatoms. The molecule has 0 fully saturated rings. The van der Waals surface area contributed by atoms with E-state index < -0.39 is 0 Å². The number of benzene rings is 1. The van der Waals surface area contributed by atoms with Crippen LogP contribution in [-0.4, -0.2) is 42.5 Å². The molecule has 9 nitrogen and oxygen atoms in total. The molecule has 2 N–H and O–H groups in total. The van der Waals surface area contributed by atoms with Gasteiger partial charge < -0.3 is 15.0 Å². The molecule has 0 atom stereocenters. The Labute approximate surface area is 214 Å². The SMILES string of the molecule is C=CC(=O)Nc1cc(-c2c(-c3cnn(C)c3)[nH]c3ncc(-c4cnn(C)c4C)c(C)c23)cc(OC)c1C. The van der Waals surface area contributed by atoms with Crippen LogP contribution in [-0.2, 0) is 18.9 Å². The van der Waals surface area contributed by atoms with E-state index in [4.69, 9.17) is 9.72 Å². The van der Waals surface area contributed by atoms with E-state index in [1.807, 2.05) is 69.5 Å². The van der Waals surface area contributed by atoms with Gasteiger partial charge in [-0.3, -0.25) is 14.2 Å². The van der Waals surface area contributed by atoms with E-state index in [1.165, 1.54) is 6.08 Å². The first-order chi connectivity index (χ1) is 17.7. The lowest BCUT2D eigenvalue weighted by Gasteiger charge is -2.15. The number of nitrogens with zero attached hydrogens (tertiary/aromatic N) is 5. The van der Waals surface area contributed by atoms with Gasteiger partial charge in [0.1, 0.15) is 11.4 Å². The highest BCUT2D eigenvalue weighted by Gasteiger charge is 2.23. The van der Waals surface area contributed by atoms with E-state index in [-0.39, 0.29) is 5.91 Å². The molecule has 5 aromatic rings. The molecule has 0 aliphatic heterocycles. The minimum atomic E-state index is -0.291. The summed E-state index contributed by atoms with van der Waals surface area (Å²) in [5.41, 5.74) is 10.0. The molecule has 0 saturated heterocycles. The predicted octanol–water partition coefficient (Wildman–Crippen LogP) is 5.09. The smallest absolute Gasteiger partial charge is 0.247 e. The highest BCUT2D eigenvalue weighted by Crippen LogP contribution is 2.44. The number of hydrogen-bond donors (Lipinski definition) is 2. The third-order valence-corrected chi connectivity index (χ3v) is 6.91. The van der Waals surface area contributed by atoms with Crippen molar-refractivity contribution in [2.75, 3.05) is 12.4 Å². The Balaban J connectivity index is 1.86. The van der Waals surface area contributed by atoms with Gasteiger partial charge in [-0.2, -0.15) is 10.2 Å². The Bertz CT molecular complexity index is 1690. The number of nitrogens with one attached hydrogen (secondary N) is 2. The highest BCUT2D eigenvalue weighted by molar-refractivity contribution is 6.07. The molecule has 0 spiro atoms. The van der Waals surface area contributed by atoms with E-state index in [9.17, 15) is 4.79 Å². The fourth-order valence-electron chi connectivity index (χ4n) is 4.76. The summed E-state index contributed by atoms with van der Waals surface area (Å²) in [5, 5.41) is 12.7. The van der Waals surface area contributed by atoms with Gasteiger partial charge >= 0.3 is 0 Å². The van der Waals surface area contributed by atoms with Gasteiger partial charge in [-0.05, 0) is 50.1 Å². The van der Waals surface area contributed by atoms with Gasteiger partial charge in [0.25, 0.3) is 0 Å². The Morgan fingerprint density at radius 1 is 1.05 bits per heavy atom. The molecule has 5 rings (SSSR count). The first kappa shape index (κ1) is 24.1. The van der Waals surface area contributed by atoms with Crippen LogP contribution in [0.25, 0.3) is 44.5 Å². The highest BCUT2D eigenvalue weighted by atomic mass is 16.5. The number of H-pyrrole nitrogens is 1. The maximum Gasteiger partial charge on any atom is 0.247 e. The predicted molar refractivity (Wildman–Crippen MR) is 146 cm³/mol. The largest absolute Gasteiger partial charge is 0.496 e. The number of hydrogen-bond acceptors (Lipinski definition) is 5. The standard InChI is InChI=1S/C28H29N7O2/c1-8-24(36)32-22-9-18(10-23(37-7)16(22)3)26-25-15(2)20(21-13-31-35(6)17(21)4)12-29-28(25)33-27(26)19-11-30-34(5)14-19/h8-14H,1H2,2-7H3,(H,29,33)(H,32,36). The second-order valence-corrected chi connectivity index (χ2v) is 9.11. The number of amides is 1. The number of fused-ring (bicyclic) bond motifs is 1. The normalized spacial score (nSPS) is 11.2. The maximum absolute atomic E-state index is 12.2. The molecule has 188 valence electrons. The Kier molecular flexibility index (Phi) is 5.91. The fourth-order valence-corrected chi connectivity index (χ4v) is 4.76. The van der Waals surface area contributed by atoms with Crippen molar-refractivity contribution in [3.05, 3.63) is 66.4 Å². The molecule has 0 unspecified atom stereocenters. The number of methoxy groups -OCH3 is 1. The Hall–Kier alpha value is -4.66. The van der Waals surface area contributed by atoms with E-state index in [1.54, 1.807) is 11.8 Å². The number of carbonyl (C=O) groups excluding carboxylic acids is 1. The van der Waals surface area contributed by atoms with Crippen molar-refractivity contribution in [3.8, 4) is 39.3 Å². The van der Waals surface area contributed by atoms with Gasteiger partial charge in [-0.25, -0.2) is 4.98 Å². The van der Waals surface area contributed by atoms with Gasteiger partial charge in [0, 0.05) is 71.1 Å². The molecule has 37 heavy (non-hydrogen) atoms. The van der Waals surface area contributed by atoms with Crippen molar-refractivity contribution in [3.63, 3.8) is 0 Å². The van der Waals surface area contributed by atoms with Crippen LogP contribution in [0.1, 0.15) is 16.8 Å². The van der Waals surface area contributed by atoms with Crippen molar-refractivity contribution >= 4 is 22.6 Å². The minimum Gasteiger partial charge on any atom is -0.496 e. The van der Waals surface area contributed by atoms with E-state index in [2.05, 4.69) is 34.0 Å². The molecular weight excluding hydrogens is 466 g/mol. The summed E-state index contributed by atoms with van der Waals surface area (Å²) in [7, 11) is 5.44. The molecule has 0 bridgehead atoms. The molecular formula is C28H29N7O2. The van der Waals surface area contributed by atoms with Gasteiger partial charge in [0.05, 0.1) is 25.2 Å². The lowest BCUT2D eigenvalue weighted by molar-refractivity contribution is -0.111. The lowest BCUT2D eigenvalue weighted by atomic mass is 9.93. The number of ether oxygens (including phenoxy) is 1. The Morgan fingerprint density at radius 2 is 1.84 bits per heavy atom. The first-order valence-electron chi connectivity index (χ1n) is 11.8. The van der Waals surface area contributed by atoms with Crippen LogP contribution in [0.2, 0.25) is 0 Å². The quantitative estimate of drug-likeness (QED) is 0.320. The van der Waals surface area contributed by atoms with Crippen LogP contribution in [0.5, 0.6) is 5.75 Å². The minimum absolute atomic E-state index is 0.291. The summed E-state index contributed by atoms with van der Waals surface area (Å²) in [5.74, 6) is 0.370. The van der Waals surface area contributed by atoms with Crippen LogP contribution in [0.4, 0.5) is 5.69 Å². The number of aromatic nitrogens is 6. The van der Waals surface area contributed by atoms with Crippen LogP contribution in [0.15, 0.2) is 49.6 Å². The third kappa shape index (κ3) is 3.98. The number of aromatic amines is 1. The van der Waals surface area contributed by atoms with Crippen molar-refractivity contribution < 1.29 is 9.53 Å². The summed E-state index contributed by atoms with van der Waals surface area (Å²) in [6.45, 7) is 9.64. The Morgan fingerprint density at radius 3 is 2.46 bits per heavy atom. The molecule has 0 saturated carbocycles. The number of carbonyl (C=O) groups is 1. The molecule has 1 aromatic carbocycles. The van der Waals surface area contributed by atoms with Crippen LogP contribution >= 0.6 is 0 Å². The van der Waals surface area contributed by atoms with Crippen molar-refractivity contribution in [2.24, 2.45) is 14.1 Å². The average molecular weight is 496 g/mol. The number of rotatable bonds is 6. The zero-order valence-electron chi connectivity index (χ0n) is 21.8. The number of pyridine rings is 1. The molecule has 0 aliphatic rings. The fraction of sp³-hybridized carbons (Fsp3) is 0.214. The van der Waals surface area contributed by atoms with Crippen LogP contribution in [0.3, 0.4) is 0 Å². The van der Waals surface area contributed by atoms with Crippen molar-refractivity contribution in [2.45, 2.75) is 20.8 Å². The summed E-state index contributed by atoms with van der Waals surface area (Å²) in [6, 6.07) is 3.95. The zero-order valence-corrected chi connectivity index (χ0v) is 21.8. The zero-order chi connectivity index (χ0) is 26.4. The van der Waals surface area contributed by atoms with Crippen LogP contribution < -0.4 is 10.1 Å². The summed E-state index contributed by atoms with van der Waals surface area (Å²) in [4.78, 5) is 20.6. The molecule has 0 aliphatic carbocycles. The average Bonchev–Trinajstić information content (AvgIpc) is 3.58. The maximum atomic E-state index is 12.2. The summed E-state index contributed by atoms with van der Waals surface area (Å²) in [6.07, 6.45) is 8.79. The van der Waals surface area contributed by atoms with Gasteiger partial charge in [-0.1, -0.05) is 6.58 Å². The van der Waals surface area contributed by atoms with Gasteiger partial charge in [-0.15, -0.1) is 0 Å². The monoisotopic (exact) mass is 495 g/mol. The molecule has 4 aromatic heterocycles. The van der Waals surface area contributed by atoms with Gasteiger partial charge in [0.15, 0.2) is 0 Å². The van der Waals surface area contributed by atoms with Crippen LogP contribution in [0, 0.1) is 20.8 Å². The first-order valence-corrected chi connectivity index (χ1v) is 11.8. The second kappa shape index (κ2) is 9.09. The third-order valence-electron chi connectivity index (χ3n) is 6.91. The summed E-state index contributed by atoms with van der Waals surface area (Å²) >= 11 is 0. The number of aryl methyl sites for hydroxylation is 3. The molecule has 0 radical (unpaired) electrons. The van der Waals surface area contributed by atoms with E-state index in [0.717, 1.165) is 61.4 Å². The lowest BCUT2D eigenvalue weighted by Crippen LogP contribution is -2.09. The molecule has 4 heterocycles. The van der Waals surface area contributed by atoms with Crippen molar-refractivity contribution in [1.29, 1.82) is 0 Å². The number of anilines is 1. The summed E-state index contributed by atoms with van der Waals surface area (Å²) < 4.78 is 9.34. The second-order valence-electron chi connectivity index (χ2n) is 9.11. The van der Waals surface area contributed by atoms with E-state index >= 15 is 0 Å².